The zero-order chi connectivity index (χ0) is 12.3. The third kappa shape index (κ3) is 2.73. The van der Waals surface area contributed by atoms with Crippen LogP contribution < -0.4 is 14.9 Å². The number of ether oxygens (including phenoxy) is 1. The van der Waals surface area contributed by atoms with E-state index in [1.165, 1.54) is 6.07 Å². The van der Waals surface area contributed by atoms with E-state index >= 15 is 0 Å². The van der Waals surface area contributed by atoms with Gasteiger partial charge in [0.1, 0.15) is 5.75 Å². The minimum Gasteiger partial charge on any atom is -0.545 e. The Morgan fingerprint density at radius 1 is 1.12 bits per heavy atom. The summed E-state index contributed by atoms with van der Waals surface area (Å²) in [5.41, 5.74) is -0.866. The predicted molar refractivity (Wildman–Crippen MR) is 50.9 cm³/mol. The molecule has 5 nitrogen and oxygen atoms in total. The molecule has 0 unspecified atom stereocenters. The van der Waals surface area contributed by atoms with Gasteiger partial charge in [0.25, 0.3) is 0 Å². The molecule has 0 aliphatic heterocycles. The Hall–Kier alpha value is -2.04. The first kappa shape index (κ1) is 12.0. The lowest BCUT2D eigenvalue weighted by atomic mass is 10.1. The molecule has 1 aromatic carbocycles. The third-order valence-corrected chi connectivity index (χ3v) is 1.80. The van der Waals surface area contributed by atoms with Gasteiger partial charge in [0, 0.05) is 11.1 Å². The van der Waals surface area contributed by atoms with Crippen LogP contribution >= 0.6 is 0 Å². The molecule has 0 aliphatic carbocycles. The molecule has 86 valence electrons. The fraction of sp³-hybridized carbons (Fsp3) is 0.273. The van der Waals surface area contributed by atoms with Crippen LogP contribution in [-0.2, 0) is 0 Å². The van der Waals surface area contributed by atoms with Gasteiger partial charge in [0.05, 0.1) is 18.0 Å². The highest BCUT2D eigenvalue weighted by molar-refractivity contribution is 6.00. The van der Waals surface area contributed by atoms with Gasteiger partial charge in [-0.1, -0.05) is 0 Å². The molecule has 0 spiro atoms. The monoisotopic (exact) mass is 222 g/mol. The first-order valence-corrected chi connectivity index (χ1v) is 4.65. The molecular weight excluding hydrogens is 212 g/mol. The van der Waals surface area contributed by atoms with Crippen molar-refractivity contribution in [2.24, 2.45) is 0 Å². The molecule has 0 fully saturated rings. The first-order chi connectivity index (χ1) is 7.41. The van der Waals surface area contributed by atoms with Crippen LogP contribution in [0.5, 0.6) is 5.75 Å². The van der Waals surface area contributed by atoms with E-state index in [0.717, 1.165) is 12.1 Å². The number of benzene rings is 1. The molecular formula is C11H10O5-2. The topological polar surface area (TPSA) is 89.5 Å². The fourth-order valence-corrected chi connectivity index (χ4v) is 1.22. The highest BCUT2D eigenvalue weighted by atomic mass is 16.5. The summed E-state index contributed by atoms with van der Waals surface area (Å²) in [5, 5.41) is 21.3. The predicted octanol–water partition coefficient (Wildman–Crippen LogP) is -0.799. The van der Waals surface area contributed by atoms with Crippen molar-refractivity contribution in [2.45, 2.75) is 20.0 Å². The van der Waals surface area contributed by atoms with Gasteiger partial charge < -0.3 is 24.5 Å². The van der Waals surface area contributed by atoms with E-state index in [4.69, 9.17) is 4.74 Å². The molecule has 0 heterocycles. The average Bonchev–Trinajstić information content (AvgIpc) is 2.16. The maximum Gasteiger partial charge on any atom is 0.120 e. The van der Waals surface area contributed by atoms with Gasteiger partial charge in [0.2, 0.25) is 0 Å². The van der Waals surface area contributed by atoms with Crippen molar-refractivity contribution in [1.29, 1.82) is 0 Å². The van der Waals surface area contributed by atoms with Crippen LogP contribution in [-0.4, -0.2) is 18.0 Å². The quantitative estimate of drug-likeness (QED) is 0.665. The molecule has 0 amide bonds. The Labute approximate surface area is 92.3 Å². The molecule has 0 aromatic heterocycles. The lowest BCUT2D eigenvalue weighted by Gasteiger charge is -2.15. The van der Waals surface area contributed by atoms with Gasteiger partial charge in [-0.15, -0.1) is 0 Å². The summed E-state index contributed by atoms with van der Waals surface area (Å²) < 4.78 is 5.24. The van der Waals surface area contributed by atoms with Gasteiger partial charge in [-0.2, -0.15) is 0 Å². The SMILES string of the molecule is CC(C)Oc1ccc(C(=O)[O-])c(C(=O)[O-])c1. The summed E-state index contributed by atoms with van der Waals surface area (Å²) in [6.45, 7) is 3.54. The minimum atomic E-state index is -1.58. The number of aromatic carboxylic acids is 2. The maximum absolute atomic E-state index is 10.7. The Bertz CT molecular complexity index is 422. The molecule has 0 aliphatic rings. The van der Waals surface area contributed by atoms with E-state index in [1.807, 2.05) is 0 Å². The largest absolute Gasteiger partial charge is 0.545 e. The summed E-state index contributed by atoms with van der Waals surface area (Å²) in [7, 11) is 0. The van der Waals surface area contributed by atoms with Crippen LogP contribution in [0.1, 0.15) is 34.6 Å². The molecule has 0 atom stereocenters. The Kier molecular flexibility index (Phi) is 3.50. The van der Waals surface area contributed by atoms with Crippen molar-refractivity contribution in [3.05, 3.63) is 29.3 Å². The van der Waals surface area contributed by atoms with Crippen LogP contribution in [0.2, 0.25) is 0 Å². The number of carbonyl (C=O) groups is 2. The molecule has 5 heteroatoms. The zero-order valence-corrected chi connectivity index (χ0v) is 8.85. The van der Waals surface area contributed by atoms with Crippen molar-refractivity contribution < 1.29 is 24.5 Å². The van der Waals surface area contributed by atoms with Gasteiger partial charge >= 0.3 is 0 Å². The van der Waals surface area contributed by atoms with Crippen LogP contribution in [0.3, 0.4) is 0 Å². The van der Waals surface area contributed by atoms with Crippen LogP contribution in [0.4, 0.5) is 0 Å². The van der Waals surface area contributed by atoms with Crippen LogP contribution in [0.15, 0.2) is 18.2 Å². The number of carboxylic acid groups (broad SMARTS) is 2. The van der Waals surface area contributed by atoms with Gasteiger partial charge in [-0.05, 0) is 32.0 Å². The Morgan fingerprint density at radius 3 is 2.12 bits per heavy atom. The molecule has 0 N–H and O–H groups in total. The van der Waals surface area contributed by atoms with Crippen LogP contribution in [0.25, 0.3) is 0 Å². The van der Waals surface area contributed by atoms with Crippen molar-refractivity contribution in [2.75, 3.05) is 0 Å². The van der Waals surface area contributed by atoms with E-state index < -0.39 is 23.1 Å². The van der Waals surface area contributed by atoms with Gasteiger partial charge in [-0.25, -0.2) is 0 Å². The first-order valence-electron chi connectivity index (χ1n) is 4.65. The van der Waals surface area contributed by atoms with Gasteiger partial charge in [-0.3, -0.25) is 0 Å². The number of rotatable bonds is 4. The van der Waals surface area contributed by atoms with Crippen molar-refractivity contribution in [1.82, 2.24) is 0 Å². The maximum atomic E-state index is 10.7. The number of carboxylic acids is 2. The molecule has 0 bridgehead atoms. The summed E-state index contributed by atoms with van der Waals surface area (Å²) in [5.74, 6) is -2.86. The van der Waals surface area contributed by atoms with E-state index in [0.29, 0.717) is 0 Å². The lowest BCUT2D eigenvalue weighted by molar-refractivity contribution is -0.259. The molecule has 0 saturated heterocycles. The summed E-state index contributed by atoms with van der Waals surface area (Å²) >= 11 is 0. The van der Waals surface area contributed by atoms with E-state index in [1.54, 1.807) is 13.8 Å². The standard InChI is InChI=1S/C11H12O5/c1-6(2)16-7-3-4-8(10(12)13)9(5-7)11(14)15/h3-6H,1-2H3,(H,12,13)(H,14,15)/p-2. The second kappa shape index (κ2) is 4.65. The smallest absolute Gasteiger partial charge is 0.120 e. The molecule has 1 rings (SSSR count). The number of hydrogen-bond acceptors (Lipinski definition) is 5. The molecule has 0 saturated carbocycles. The second-order valence-corrected chi connectivity index (χ2v) is 3.45. The normalized spacial score (nSPS) is 10.2. The fourth-order valence-electron chi connectivity index (χ4n) is 1.22. The molecule has 0 radical (unpaired) electrons. The Balaban J connectivity index is 3.17. The van der Waals surface area contributed by atoms with Crippen molar-refractivity contribution in [3.8, 4) is 5.75 Å². The number of hydrogen-bond donors (Lipinski definition) is 0. The van der Waals surface area contributed by atoms with Crippen LogP contribution in [0, 0.1) is 0 Å². The summed E-state index contributed by atoms with van der Waals surface area (Å²) in [6.07, 6.45) is -0.136. The average molecular weight is 222 g/mol. The highest BCUT2D eigenvalue weighted by Gasteiger charge is 2.07. The highest BCUT2D eigenvalue weighted by Crippen LogP contribution is 2.18. The van der Waals surface area contributed by atoms with E-state index in [2.05, 4.69) is 0 Å². The second-order valence-electron chi connectivity index (χ2n) is 3.45. The lowest BCUT2D eigenvalue weighted by Crippen LogP contribution is -2.30. The summed E-state index contributed by atoms with van der Waals surface area (Å²) in [4.78, 5) is 21.3. The number of carbonyl (C=O) groups excluding carboxylic acids is 2. The van der Waals surface area contributed by atoms with E-state index in [9.17, 15) is 19.8 Å². The molecule has 1 aromatic rings. The minimum absolute atomic E-state index is 0.136. The Morgan fingerprint density at radius 2 is 1.69 bits per heavy atom. The summed E-state index contributed by atoms with van der Waals surface area (Å²) in [6, 6.07) is 3.61. The molecule has 16 heavy (non-hydrogen) atoms. The van der Waals surface area contributed by atoms with E-state index in [-0.39, 0.29) is 11.9 Å². The van der Waals surface area contributed by atoms with Gasteiger partial charge in [0.15, 0.2) is 0 Å². The zero-order valence-electron chi connectivity index (χ0n) is 8.85. The third-order valence-electron chi connectivity index (χ3n) is 1.80. The van der Waals surface area contributed by atoms with Crippen molar-refractivity contribution >= 4 is 11.9 Å². The van der Waals surface area contributed by atoms with Crippen molar-refractivity contribution in [3.63, 3.8) is 0 Å².